The van der Waals surface area contributed by atoms with Crippen LogP contribution >= 0.6 is 11.3 Å². The largest absolute Gasteiger partial charge is 0.490 e. The second-order valence-electron chi connectivity index (χ2n) is 7.19. The molecule has 0 radical (unpaired) electrons. The Bertz CT molecular complexity index is 723. The fourth-order valence-corrected chi connectivity index (χ4v) is 4.21. The Kier molecular flexibility index (Phi) is 8.15. The third-order valence-electron chi connectivity index (χ3n) is 4.85. The number of nitrogens with zero attached hydrogens (tertiary/aromatic N) is 3. The molecule has 28 heavy (non-hydrogen) atoms. The molecular formula is C22H32N4OS. The van der Waals surface area contributed by atoms with Gasteiger partial charge in [-0.2, -0.15) is 0 Å². The second-order valence-corrected chi connectivity index (χ2v) is 8.14. The van der Waals surface area contributed by atoms with Crippen molar-refractivity contribution in [3.63, 3.8) is 0 Å². The maximum absolute atomic E-state index is 6.11. The van der Waals surface area contributed by atoms with Gasteiger partial charge in [-0.15, -0.1) is 11.3 Å². The van der Waals surface area contributed by atoms with Crippen molar-refractivity contribution in [2.75, 3.05) is 26.2 Å². The van der Waals surface area contributed by atoms with Crippen LogP contribution in [0.25, 0.3) is 0 Å². The molecule has 1 aliphatic heterocycles. The molecule has 3 rings (SSSR count). The second kappa shape index (κ2) is 11.1. The first-order valence-corrected chi connectivity index (χ1v) is 11.3. The summed E-state index contributed by atoms with van der Waals surface area (Å²) in [6.45, 7) is 7.93. The summed E-state index contributed by atoms with van der Waals surface area (Å²) < 4.78 is 6.11. The standard InChI is InChI=1S/C22H32N4OS/c1-3-23-22(24-14-8-7-11-21-25-18(2)17-28-21)26-15-12-20(13-16-26)27-19-9-5-4-6-10-19/h4-6,9-10,17,20H,3,7-8,11-16H2,1-2H3,(H,23,24). The summed E-state index contributed by atoms with van der Waals surface area (Å²) in [5.41, 5.74) is 1.13. The van der Waals surface area contributed by atoms with E-state index in [2.05, 4.69) is 34.4 Å². The number of aliphatic imine (C=N–C) groups is 1. The molecule has 2 aromatic rings. The molecule has 1 aromatic heterocycles. The number of ether oxygens (including phenoxy) is 1. The zero-order valence-corrected chi connectivity index (χ0v) is 17.9. The molecule has 2 heterocycles. The van der Waals surface area contributed by atoms with Crippen LogP contribution in [0.5, 0.6) is 5.75 Å². The molecule has 0 unspecified atom stereocenters. The summed E-state index contributed by atoms with van der Waals surface area (Å²) in [7, 11) is 0. The lowest BCUT2D eigenvalue weighted by atomic mass is 10.1. The van der Waals surface area contributed by atoms with Gasteiger partial charge < -0.3 is 15.0 Å². The highest BCUT2D eigenvalue weighted by Gasteiger charge is 2.22. The summed E-state index contributed by atoms with van der Waals surface area (Å²) in [5, 5.41) is 6.82. The molecule has 152 valence electrons. The third kappa shape index (κ3) is 6.51. The van der Waals surface area contributed by atoms with Crippen LogP contribution in [0, 0.1) is 6.92 Å². The Hall–Kier alpha value is -2.08. The van der Waals surface area contributed by atoms with Gasteiger partial charge in [0, 0.05) is 50.1 Å². The van der Waals surface area contributed by atoms with Gasteiger partial charge in [-0.3, -0.25) is 4.99 Å². The van der Waals surface area contributed by atoms with Crippen LogP contribution in [0.1, 0.15) is 43.3 Å². The summed E-state index contributed by atoms with van der Waals surface area (Å²) in [6, 6.07) is 10.1. The molecule has 0 atom stereocenters. The Morgan fingerprint density at radius 3 is 2.71 bits per heavy atom. The van der Waals surface area contributed by atoms with E-state index in [0.29, 0.717) is 6.10 Å². The van der Waals surface area contributed by atoms with Crippen LogP contribution in [-0.4, -0.2) is 48.1 Å². The highest BCUT2D eigenvalue weighted by Crippen LogP contribution is 2.19. The molecule has 1 fully saturated rings. The van der Waals surface area contributed by atoms with Gasteiger partial charge in [0.15, 0.2) is 5.96 Å². The van der Waals surface area contributed by atoms with Crippen LogP contribution in [-0.2, 0) is 6.42 Å². The maximum Gasteiger partial charge on any atom is 0.193 e. The molecule has 1 aliphatic rings. The summed E-state index contributed by atoms with van der Waals surface area (Å²) in [6.07, 6.45) is 5.66. The number of thiazole rings is 1. The topological polar surface area (TPSA) is 49.8 Å². The molecule has 0 bridgehead atoms. The lowest BCUT2D eigenvalue weighted by Gasteiger charge is -2.34. The molecule has 6 heteroatoms. The van der Waals surface area contributed by atoms with Gasteiger partial charge in [0.25, 0.3) is 0 Å². The molecule has 0 saturated carbocycles. The Morgan fingerprint density at radius 1 is 1.25 bits per heavy atom. The number of unbranched alkanes of at least 4 members (excludes halogenated alkanes) is 1. The number of piperidine rings is 1. The van der Waals surface area contributed by atoms with Crippen molar-refractivity contribution in [3.8, 4) is 5.75 Å². The van der Waals surface area contributed by atoms with Gasteiger partial charge in [-0.1, -0.05) is 18.2 Å². The fourth-order valence-electron chi connectivity index (χ4n) is 3.39. The molecular weight excluding hydrogens is 368 g/mol. The monoisotopic (exact) mass is 400 g/mol. The number of aryl methyl sites for hydroxylation is 2. The van der Waals surface area contributed by atoms with Crippen LogP contribution < -0.4 is 10.1 Å². The zero-order valence-electron chi connectivity index (χ0n) is 17.1. The predicted molar refractivity (Wildman–Crippen MR) is 117 cm³/mol. The van der Waals surface area contributed by atoms with Crippen molar-refractivity contribution in [3.05, 3.63) is 46.4 Å². The smallest absolute Gasteiger partial charge is 0.193 e. The Balaban J connectivity index is 1.41. The van der Waals surface area contributed by atoms with E-state index >= 15 is 0 Å². The van der Waals surface area contributed by atoms with Crippen molar-refractivity contribution in [1.29, 1.82) is 0 Å². The van der Waals surface area contributed by atoms with E-state index < -0.39 is 0 Å². The van der Waals surface area contributed by atoms with Gasteiger partial charge in [0.2, 0.25) is 0 Å². The van der Waals surface area contributed by atoms with Crippen LogP contribution in [0.2, 0.25) is 0 Å². The molecule has 0 aliphatic carbocycles. The van der Waals surface area contributed by atoms with Gasteiger partial charge in [0.05, 0.1) is 5.01 Å². The molecule has 0 amide bonds. The molecule has 5 nitrogen and oxygen atoms in total. The van der Waals surface area contributed by atoms with Gasteiger partial charge in [-0.05, 0) is 45.2 Å². The summed E-state index contributed by atoms with van der Waals surface area (Å²) in [5.74, 6) is 2.02. The number of hydrogen-bond acceptors (Lipinski definition) is 4. The van der Waals surface area contributed by atoms with Crippen molar-refractivity contribution >= 4 is 17.3 Å². The van der Waals surface area contributed by atoms with Crippen LogP contribution in [0.3, 0.4) is 0 Å². The van der Waals surface area contributed by atoms with Crippen LogP contribution in [0.4, 0.5) is 0 Å². The minimum atomic E-state index is 0.295. The zero-order chi connectivity index (χ0) is 19.6. The number of rotatable bonds is 8. The number of guanidine groups is 1. The summed E-state index contributed by atoms with van der Waals surface area (Å²) >= 11 is 1.77. The molecule has 1 aromatic carbocycles. The first kappa shape index (κ1) is 20.6. The van der Waals surface area contributed by atoms with E-state index in [1.54, 1.807) is 11.3 Å². The third-order valence-corrected chi connectivity index (χ3v) is 5.88. The maximum atomic E-state index is 6.11. The van der Waals surface area contributed by atoms with Gasteiger partial charge in [0.1, 0.15) is 11.9 Å². The molecule has 0 spiro atoms. The fraction of sp³-hybridized carbons (Fsp3) is 0.545. The van der Waals surface area contributed by atoms with Crippen LogP contribution in [0.15, 0.2) is 40.7 Å². The van der Waals surface area contributed by atoms with Crippen molar-refractivity contribution < 1.29 is 4.74 Å². The molecule has 1 N–H and O–H groups in total. The quantitative estimate of drug-likeness (QED) is 0.408. The van der Waals surface area contributed by atoms with Crippen molar-refractivity contribution in [2.24, 2.45) is 4.99 Å². The van der Waals surface area contributed by atoms with E-state index in [0.717, 1.165) is 75.7 Å². The number of benzene rings is 1. The van der Waals surface area contributed by atoms with Gasteiger partial charge in [-0.25, -0.2) is 4.98 Å². The number of aromatic nitrogens is 1. The Labute approximate surface area is 172 Å². The minimum Gasteiger partial charge on any atom is -0.490 e. The van der Waals surface area contributed by atoms with E-state index in [9.17, 15) is 0 Å². The number of likely N-dealkylation sites (tertiary alicyclic amines) is 1. The summed E-state index contributed by atoms with van der Waals surface area (Å²) in [4.78, 5) is 11.8. The SMILES string of the molecule is CCNC(=NCCCCc1nc(C)cs1)N1CCC(Oc2ccccc2)CC1. The first-order chi connectivity index (χ1) is 13.7. The normalized spacial score (nSPS) is 15.6. The van der Waals surface area contributed by atoms with Crippen molar-refractivity contribution in [2.45, 2.75) is 52.1 Å². The minimum absolute atomic E-state index is 0.295. The number of hydrogen-bond donors (Lipinski definition) is 1. The Morgan fingerprint density at radius 2 is 2.04 bits per heavy atom. The van der Waals surface area contributed by atoms with E-state index in [1.807, 2.05) is 30.3 Å². The van der Waals surface area contributed by atoms with E-state index in [1.165, 1.54) is 5.01 Å². The number of nitrogens with one attached hydrogen (secondary N) is 1. The van der Waals surface area contributed by atoms with E-state index in [-0.39, 0.29) is 0 Å². The average Bonchev–Trinajstić information content (AvgIpc) is 3.13. The highest BCUT2D eigenvalue weighted by molar-refractivity contribution is 7.09. The average molecular weight is 401 g/mol. The number of para-hydroxylation sites is 1. The van der Waals surface area contributed by atoms with Gasteiger partial charge >= 0.3 is 0 Å². The van der Waals surface area contributed by atoms with E-state index in [4.69, 9.17) is 9.73 Å². The predicted octanol–water partition coefficient (Wildman–Crippen LogP) is 4.28. The lowest BCUT2D eigenvalue weighted by molar-refractivity contribution is 0.129. The van der Waals surface area contributed by atoms with Crippen molar-refractivity contribution in [1.82, 2.24) is 15.2 Å². The molecule has 1 saturated heterocycles. The lowest BCUT2D eigenvalue weighted by Crippen LogP contribution is -2.47. The highest BCUT2D eigenvalue weighted by atomic mass is 32.1. The first-order valence-electron chi connectivity index (χ1n) is 10.4.